The van der Waals surface area contributed by atoms with E-state index < -0.39 is 23.5 Å². The Morgan fingerprint density at radius 3 is 2.73 bits per heavy atom. The summed E-state index contributed by atoms with van der Waals surface area (Å²) in [7, 11) is 2.91. The maximum Gasteiger partial charge on any atom is 0.433 e. The summed E-state index contributed by atoms with van der Waals surface area (Å²) in [5, 5.41) is 9.94. The number of nitrogens with zero attached hydrogens (tertiary/aromatic N) is 5. The highest BCUT2D eigenvalue weighted by molar-refractivity contribution is 6.37. The Bertz CT molecular complexity index is 1330. The van der Waals surface area contributed by atoms with Crippen LogP contribution in [0.25, 0.3) is 16.9 Å². The molecule has 4 rings (SSSR count). The molecule has 0 fully saturated rings. The predicted octanol–water partition coefficient (Wildman–Crippen LogP) is 4.13. The quantitative estimate of drug-likeness (QED) is 0.446. The molecule has 0 radical (unpaired) electrons. The van der Waals surface area contributed by atoms with Crippen molar-refractivity contribution in [2.75, 3.05) is 19.5 Å². The lowest BCUT2D eigenvalue weighted by molar-refractivity contribution is -0.142. The van der Waals surface area contributed by atoms with Crippen molar-refractivity contribution in [3.8, 4) is 17.0 Å². The highest BCUT2D eigenvalue weighted by Crippen LogP contribution is 2.35. The van der Waals surface area contributed by atoms with Crippen molar-refractivity contribution >= 4 is 28.8 Å². The summed E-state index contributed by atoms with van der Waals surface area (Å²) in [6, 6.07) is 7.22. The minimum Gasteiger partial charge on any atom is -0.497 e. The minimum atomic E-state index is -4.79. The van der Waals surface area contributed by atoms with Crippen LogP contribution in [0.1, 0.15) is 16.2 Å². The molecular weight excluding hydrogens is 465 g/mol. The Balaban J connectivity index is 1.79. The van der Waals surface area contributed by atoms with Crippen LogP contribution in [0.5, 0.6) is 5.75 Å². The summed E-state index contributed by atoms with van der Waals surface area (Å²) >= 11 is 6.27. The van der Waals surface area contributed by atoms with E-state index in [1.165, 1.54) is 37.4 Å². The van der Waals surface area contributed by atoms with Crippen molar-refractivity contribution in [2.45, 2.75) is 12.9 Å². The molecule has 172 valence electrons. The second-order valence-electron chi connectivity index (χ2n) is 6.79. The molecule has 0 bridgehead atoms. The number of hydrogen-bond acceptors (Lipinski definition) is 6. The highest BCUT2D eigenvalue weighted by atomic mass is 35.5. The van der Waals surface area contributed by atoms with Crippen molar-refractivity contribution in [2.24, 2.45) is 0 Å². The molecule has 0 aliphatic heterocycles. The summed E-state index contributed by atoms with van der Waals surface area (Å²) in [6.45, 7) is 0.150. The Labute approximate surface area is 189 Å². The summed E-state index contributed by atoms with van der Waals surface area (Å²) in [5.41, 5.74) is -1.23. The van der Waals surface area contributed by atoms with E-state index in [0.717, 1.165) is 6.07 Å². The van der Waals surface area contributed by atoms with Gasteiger partial charge >= 0.3 is 6.18 Å². The number of methoxy groups -OCH3 is 2. The molecule has 0 unspecified atom stereocenters. The molecule has 0 saturated heterocycles. The van der Waals surface area contributed by atoms with E-state index in [-0.39, 0.29) is 28.8 Å². The fourth-order valence-corrected chi connectivity index (χ4v) is 3.34. The molecule has 33 heavy (non-hydrogen) atoms. The van der Waals surface area contributed by atoms with Gasteiger partial charge in [0.1, 0.15) is 17.5 Å². The smallest absolute Gasteiger partial charge is 0.433 e. The zero-order chi connectivity index (χ0) is 23.8. The monoisotopic (exact) mass is 480 g/mol. The molecule has 1 N–H and O–H groups in total. The van der Waals surface area contributed by atoms with Gasteiger partial charge in [-0.1, -0.05) is 23.7 Å². The van der Waals surface area contributed by atoms with E-state index in [2.05, 4.69) is 20.5 Å². The number of carbonyl (C=O) groups is 1. The molecule has 0 atom stereocenters. The predicted molar refractivity (Wildman–Crippen MR) is 112 cm³/mol. The summed E-state index contributed by atoms with van der Waals surface area (Å²) in [5.74, 6) is -0.380. The third kappa shape index (κ3) is 4.47. The van der Waals surface area contributed by atoms with E-state index in [0.29, 0.717) is 15.8 Å². The molecule has 9 nitrogen and oxygen atoms in total. The lowest BCUT2D eigenvalue weighted by Gasteiger charge is -2.11. The van der Waals surface area contributed by atoms with E-state index >= 15 is 0 Å². The summed E-state index contributed by atoms with van der Waals surface area (Å²) in [6.07, 6.45) is -1.97. The van der Waals surface area contributed by atoms with Crippen molar-refractivity contribution in [3.63, 3.8) is 0 Å². The Kier molecular flexibility index (Phi) is 5.95. The van der Waals surface area contributed by atoms with Crippen molar-refractivity contribution in [1.29, 1.82) is 0 Å². The average molecular weight is 481 g/mol. The van der Waals surface area contributed by atoms with Gasteiger partial charge in [0.2, 0.25) is 0 Å². The molecule has 0 aliphatic carbocycles. The van der Waals surface area contributed by atoms with Crippen LogP contribution in [-0.2, 0) is 17.6 Å². The van der Waals surface area contributed by atoms with Crippen LogP contribution in [0.4, 0.5) is 18.9 Å². The van der Waals surface area contributed by atoms with Gasteiger partial charge in [-0.2, -0.15) is 23.4 Å². The number of carbonyl (C=O) groups excluding carboxylic acids is 1. The highest BCUT2D eigenvalue weighted by Gasteiger charge is 2.36. The van der Waals surface area contributed by atoms with Gasteiger partial charge < -0.3 is 14.8 Å². The van der Waals surface area contributed by atoms with Crippen LogP contribution in [0.15, 0.2) is 42.7 Å². The number of fused-ring (bicyclic) bond motifs is 1. The topological polar surface area (TPSA) is 95.6 Å². The number of aromatic nitrogens is 5. The molecule has 0 saturated carbocycles. The zero-order valence-electron chi connectivity index (χ0n) is 17.2. The van der Waals surface area contributed by atoms with E-state index in [1.807, 2.05) is 0 Å². The minimum absolute atomic E-state index is 0.0108. The number of ether oxygens (including phenoxy) is 2. The summed E-state index contributed by atoms with van der Waals surface area (Å²) in [4.78, 5) is 16.9. The van der Waals surface area contributed by atoms with Crippen LogP contribution < -0.4 is 10.1 Å². The molecule has 1 aromatic carbocycles. The summed E-state index contributed by atoms with van der Waals surface area (Å²) < 4.78 is 53.5. The van der Waals surface area contributed by atoms with Gasteiger partial charge in [0.25, 0.3) is 5.91 Å². The number of benzene rings is 1. The molecule has 3 heterocycles. The van der Waals surface area contributed by atoms with Gasteiger partial charge in [-0.3, -0.25) is 4.79 Å². The maximum atomic E-state index is 13.8. The largest absolute Gasteiger partial charge is 0.497 e. The zero-order valence-corrected chi connectivity index (χ0v) is 18.0. The fourth-order valence-electron chi connectivity index (χ4n) is 3.09. The molecule has 3 aromatic heterocycles. The number of hydrogen-bond donors (Lipinski definition) is 1. The van der Waals surface area contributed by atoms with Gasteiger partial charge in [-0.05, 0) is 18.2 Å². The number of amides is 1. The lowest BCUT2D eigenvalue weighted by Crippen LogP contribution is -2.15. The second kappa shape index (κ2) is 8.71. The Hall–Kier alpha value is -3.64. The molecule has 0 spiro atoms. The fraction of sp³-hybridized carbons (Fsp3) is 0.200. The van der Waals surface area contributed by atoms with Crippen LogP contribution in [0, 0.1) is 0 Å². The first-order valence-corrected chi connectivity index (χ1v) is 9.72. The number of halogens is 4. The van der Waals surface area contributed by atoms with Crippen molar-refractivity contribution in [1.82, 2.24) is 24.4 Å². The number of anilines is 1. The van der Waals surface area contributed by atoms with Gasteiger partial charge in [-0.25, -0.2) is 14.2 Å². The Morgan fingerprint density at radius 2 is 2.03 bits per heavy atom. The third-order valence-corrected chi connectivity index (χ3v) is 4.90. The molecule has 4 aromatic rings. The Morgan fingerprint density at radius 1 is 1.24 bits per heavy atom. The first-order chi connectivity index (χ1) is 15.7. The molecule has 1 amide bonds. The van der Waals surface area contributed by atoms with Crippen LogP contribution >= 0.6 is 11.6 Å². The number of rotatable bonds is 6. The van der Waals surface area contributed by atoms with Gasteiger partial charge in [0.15, 0.2) is 17.0 Å². The van der Waals surface area contributed by atoms with E-state index in [9.17, 15) is 18.0 Å². The maximum absolute atomic E-state index is 13.8. The standard InChI is InChI=1S/C20H16ClF3N6O3/c1-32-10-29-9-12(8-25-29)26-19(31)17-16(21)18-27-14(11-4-3-5-13(6-11)33-2)7-15(20(22,23)24)30(18)28-17/h3-9H,10H2,1-2H3,(H,26,31). The second-order valence-corrected chi connectivity index (χ2v) is 7.17. The SMILES string of the molecule is COCn1cc(NC(=O)c2nn3c(C(F)(F)F)cc(-c4cccc(OC)c4)nc3c2Cl)cn1. The number of alkyl halides is 3. The molecule has 0 aliphatic rings. The normalized spacial score (nSPS) is 11.7. The van der Waals surface area contributed by atoms with Gasteiger partial charge in [-0.15, -0.1) is 0 Å². The van der Waals surface area contributed by atoms with Crippen LogP contribution in [0.2, 0.25) is 5.02 Å². The van der Waals surface area contributed by atoms with Crippen LogP contribution in [-0.4, -0.2) is 44.5 Å². The van der Waals surface area contributed by atoms with Gasteiger partial charge in [0.05, 0.1) is 30.9 Å². The lowest BCUT2D eigenvalue weighted by atomic mass is 10.1. The molecular formula is C20H16ClF3N6O3. The third-order valence-electron chi connectivity index (χ3n) is 4.56. The first kappa shape index (κ1) is 22.6. The van der Waals surface area contributed by atoms with Gasteiger partial charge in [0, 0.05) is 12.7 Å². The number of nitrogens with one attached hydrogen (secondary N) is 1. The van der Waals surface area contributed by atoms with Crippen LogP contribution in [0.3, 0.4) is 0 Å². The first-order valence-electron chi connectivity index (χ1n) is 9.35. The van der Waals surface area contributed by atoms with Crippen molar-refractivity contribution < 1.29 is 27.4 Å². The van der Waals surface area contributed by atoms with E-state index in [4.69, 9.17) is 21.1 Å². The molecule has 13 heteroatoms. The van der Waals surface area contributed by atoms with E-state index in [1.54, 1.807) is 18.2 Å². The van der Waals surface area contributed by atoms with Crippen molar-refractivity contribution in [3.05, 3.63) is 59.1 Å². The average Bonchev–Trinajstić information content (AvgIpc) is 3.36.